The van der Waals surface area contributed by atoms with Crippen molar-refractivity contribution in [1.29, 1.82) is 0 Å². The molecule has 2 aromatic carbocycles. The van der Waals surface area contributed by atoms with Crippen molar-refractivity contribution < 1.29 is 4.79 Å². The van der Waals surface area contributed by atoms with Crippen molar-refractivity contribution in [3.8, 4) is 0 Å². The summed E-state index contributed by atoms with van der Waals surface area (Å²) in [5.41, 5.74) is 2.41. The fraction of sp³-hybridized carbons (Fsp3) is 0.435. The third-order valence-electron chi connectivity index (χ3n) is 5.46. The quantitative estimate of drug-likeness (QED) is 0.731. The zero-order valence-electron chi connectivity index (χ0n) is 15.2. The molecule has 0 aliphatic carbocycles. The van der Waals surface area contributed by atoms with Gasteiger partial charge >= 0.3 is 0 Å². The Morgan fingerprint density at radius 3 is 2.16 bits per heavy atom. The molecule has 0 saturated carbocycles. The minimum Gasteiger partial charge on any atom is -0.303 e. The van der Waals surface area contributed by atoms with Gasteiger partial charge in [0.15, 0.2) is 0 Å². The SMILES string of the molecule is CC(C(=O)Cc1ccccc1)[C@@H](CN1CCCCC1)c1ccccc1. The van der Waals surface area contributed by atoms with Crippen molar-refractivity contribution in [2.75, 3.05) is 19.6 Å². The Labute approximate surface area is 151 Å². The van der Waals surface area contributed by atoms with Gasteiger partial charge in [-0.2, -0.15) is 0 Å². The van der Waals surface area contributed by atoms with Crippen LogP contribution in [0.2, 0.25) is 0 Å². The molecule has 1 saturated heterocycles. The second kappa shape index (κ2) is 8.96. The lowest BCUT2D eigenvalue weighted by atomic mass is 9.82. The van der Waals surface area contributed by atoms with E-state index in [1.807, 2.05) is 30.3 Å². The first-order valence-electron chi connectivity index (χ1n) is 9.58. The lowest BCUT2D eigenvalue weighted by molar-refractivity contribution is -0.122. The normalized spacial score (nSPS) is 17.8. The van der Waals surface area contributed by atoms with E-state index in [0.717, 1.165) is 12.1 Å². The predicted molar refractivity (Wildman–Crippen MR) is 104 cm³/mol. The molecule has 2 nitrogen and oxygen atoms in total. The Bertz CT molecular complexity index is 646. The standard InChI is InChI=1S/C23H29NO/c1-19(23(25)17-20-11-5-2-6-12-20)22(21-13-7-3-8-14-21)18-24-15-9-4-10-16-24/h2-3,5-8,11-14,19,22H,4,9-10,15-18H2,1H3/t19?,22-/m1/s1. The van der Waals surface area contributed by atoms with Gasteiger partial charge < -0.3 is 4.90 Å². The number of carbonyl (C=O) groups is 1. The topological polar surface area (TPSA) is 20.3 Å². The maximum atomic E-state index is 13.0. The van der Waals surface area contributed by atoms with Gasteiger partial charge in [-0.25, -0.2) is 0 Å². The molecule has 1 aliphatic rings. The highest BCUT2D eigenvalue weighted by Crippen LogP contribution is 2.28. The van der Waals surface area contributed by atoms with Gasteiger partial charge in [-0.15, -0.1) is 0 Å². The summed E-state index contributed by atoms with van der Waals surface area (Å²) < 4.78 is 0. The Morgan fingerprint density at radius 2 is 1.52 bits per heavy atom. The van der Waals surface area contributed by atoms with E-state index in [1.54, 1.807) is 0 Å². The molecule has 0 amide bonds. The number of Topliss-reactive ketones (excluding diaryl/α,β-unsaturated/α-hetero) is 1. The van der Waals surface area contributed by atoms with Crippen LogP contribution < -0.4 is 0 Å². The van der Waals surface area contributed by atoms with E-state index < -0.39 is 0 Å². The molecule has 2 aromatic rings. The average Bonchev–Trinajstić information content (AvgIpc) is 2.68. The number of likely N-dealkylation sites (tertiary alicyclic amines) is 1. The van der Waals surface area contributed by atoms with Crippen molar-refractivity contribution in [3.05, 3.63) is 71.8 Å². The Morgan fingerprint density at radius 1 is 0.920 bits per heavy atom. The minimum atomic E-state index is 0.0320. The fourth-order valence-corrected chi connectivity index (χ4v) is 3.86. The van der Waals surface area contributed by atoms with Crippen molar-refractivity contribution in [3.63, 3.8) is 0 Å². The molecule has 2 heteroatoms. The third kappa shape index (κ3) is 5.02. The molecule has 25 heavy (non-hydrogen) atoms. The van der Waals surface area contributed by atoms with Crippen LogP contribution in [0, 0.1) is 5.92 Å². The number of piperidine rings is 1. The second-order valence-corrected chi connectivity index (χ2v) is 7.30. The van der Waals surface area contributed by atoms with Crippen LogP contribution in [0.25, 0.3) is 0 Å². The molecule has 0 spiro atoms. The monoisotopic (exact) mass is 335 g/mol. The van der Waals surface area contributed by atoms with Gasteiger partial charge in [-0.05, 0) is 37.1 Å². The van der Waals surface area contributed by atoms with Gasteiger partial charge in [0.1, 0.15) is 5.78 Å². The first-order valence-corrected chi connectivity index (χ1v) is 9.58. The number of hydrogen-bond donors (Lipinski definition) is 0. The zero-order chi connectivity index (χ0) is 17.5. The predicted octanol–water partition coefficient (Wildman–Crippen LogP) is 4.70. The number of carbonyl (C=O) groups excluding carboxylic acids is 1. The van der Waals surface area contributed by atoms with Crippen LogP contribution in [-0.4, -0.2) is 30.3 Å². The van der Waals surface area contributed by atoms with E-state index in [-0.39, 0.29) is 11.8 Å². The molecular formula is C23H29NO. The molecular weight excluding hydrogens is 306 g/mol. The number of rotatable bonds is 7. The highest BCUT2D eigenvalue weighted by molar-refractivity contribution is 5.83. The smallest absolute Gasteiger partial charge is 0.140 e. The molecule has 132 valence electrons. The van der Waals surface area contributed by atoms with Crippen LogP contribution >= 0.6 is 0 Å². The van der Waals surface area contributed by atoms with Crippen molar-refractivity contribution in [1.82, 2.24) is 4.90 Å². The van der Waals surface area contributed by atoms with Crippen LogP contribution in [0.1, 0.15) is 43.2 Å². The number of ketones is 1. The summed E-state index contributed by atoms with van der Waals surface area (Å²) in [6.45, 7) is 5.45. The number of benzene rings is 2. The third-order valence-corrected chi connectivity index (χ3v) is 5.46. The zero-order valence-corrected chi connectivity index (χ0v) is 15.2. The van der Waals surface area contributed by atoms with Gasteiger partial charge in [0, 0.05) is 24.8 Å². The molecule has 0 radical (unpaired) electrons. The maximum absolute atomic E-state index is 13.0. The van der Waals surface area contributed by atoms with E-state index in [1.165, 1.54) is 37.9 Å². The molecule has 0 bridgehead atoms. The van der Waals surface area contributed by atoms with Gasteiger partial charge in [-0.1, -0.05) is 74.0 Å². The van der Waals surface area contributed by atoms with Crippen LogP contribution in [0.5, 0.6) is 0 Å². The first-order chi connectivity index (χ1) is 12.2. The van der Waals surface area contributed by atoms with Crippen LogP contribution in [0.4, 0.5) is 0 Å². The van der Waals surface area contributed by atoms with E-state index in [0.29, 0.717) is 12.2 Å². The van der Waals surface area contributed by atoms with Crippen LogP contribution in [0.15, 0.2) is 60.7 Å². The molecule has 0 N–H and O–H groups in total. The van der Waals surface area contributed by atoms with E-state index in [9.17, 15) is 4.79 Å². The molecule has 0 aromatic heterocycles. The number of nitrogens with zero attached hydrogens (tertiary/aromatic N) is 1. The van der Waals surface area contributed by atoms with Crippen LogP contribution in [0.3, 0.4) is 0 Å². The fourth-order valence-electron chi connectivity index (χ4n) is 3.86. The van der Waals surface area contributed by atoms with E-state index in [2.05, 4.69) is 42.2 Å². The lowest BCUT2D eigenvalue weighted by Gasteiger charge is -2.33. The summed E-state index contributed by atoms with van der Waals surface area (Å²) >= 11 is 0. The largest absolute Gasteiger partial charge is 0.303 e. The minimum absolute atomic E-state index is 0.0320. The van der Waals surface area contributed by atoms with E-state index >= 15 is 0 Å². The highest BCUT2D eigenvalue weighted by atomic mass is 16.1. The lowest BCUT2D eigenvalue weighted by Crippen LogP contribution is -2.37. The summed E-state index contributed by atoms with van der Waals surface area (Å²) in [6, 6.07) is 20.7. The van der Waals surface area contributed by atoms with Gasteiger partial charge in [0.05, 0.1) is 0 Å². The van der Waals surface area contributed by atoms with Crippen molar-refractivity contribution in [2.24, 2.45) is 5.92 Å². The van der Waals surface area contributed by atoms with Crippen LogP contribution in [-0.2, 0) is 11.2 Å². The Balaban J connectivity index is 1.74. The second-order valence-electron chi connectivity index (χ2n) is 7.30. The molecule has 2 atom stereocenters. The van der Waals surface area contributed by atoms with Gasteiger partial charge in [0.2, 0.25) is 0 Å². The molecule has 1 heterocycles. The average molecular weight is 335 g/mol. The Hall–Kier alpha value is -1.93. The van der Waals surface area contributed by atoms with Crippen molar-refractivity contribution in [2.45, 2.75) is 38.5 Å². The van der Waals surface area contributed by atoms with Gasteiger partial charge in [0.25, 0.3) is 0 Å². The van der Waals surface area contributed by atoms with Gasteiger partial charge in [-0.3, -0.25) is 4.79 Å². The summed E-state index contributed by atoms with van der Waals surface area (Å²) in [5, 5.41) is 0. The summed E-state index contributed by atoms with van der Waals surface area (Å²) in [6.07, 6.45) is 4.45. The van der Waals surface area contributed by atoms with E-state index in [4.69, 9.17) is 0 Å². The maximum Gasteiger partial charge on any atom is 0.140 e. The highest BCUT2D eigenvalue weighted by Gasteiger charge is 2.27. The summed E-state index contributed by atoms with van der Waals surface area (Å²) in [5.74, 6) is 0.650. The summed E-state index contributed by atoms with van der Waals surface area (Å²) in [7, 11) is 0. The Kier molecular flexibility index (Phi) is 6.41. The molecule has 1 aliphatic heterocycles. The number of hydrogen-bond acceptors (Lipinski definition) is 2. The first kappa shape index (κ1) is 17.9. The molecule has 3 rings (SSSR count). The molecule has 1 unspecified atom stereocenters. The summed E-state index contributed by atoms with van der Waals surface area (Å²) in [4.78, 5) is 15.5. The van der Waals surface area contributed by atoms with Crippen molar-refractivity contribution >= 4 is 5.78 Å². The molecule has 1 fully saturated rings.